The molecule has 1 aromatic heterocycles. The summed E-state index contributed by atoms with van der Waals surface area (Å²) in [6.07, 6.45) is 17.1. The number of carboxylic acids is 1. The molecule has 8 fully saturated rings. The molecule has 1 aliphatic heterocycles. The summed E-state index contributed by atoms with van der Waals surface area (Å²) in [5.41, 5.74) is 0.672. The normalized spacial score (nSPS) is 41.6. The maximum atomic E-state index is 15.8. The first-order valence-electron chi connectivity index (χ1n) is 26.7. The third-order valence-electron chi connectivity index (χ3n) is 23.4. The van der Waals surface area contributed by atoms with Crippen LogP contribution in [0.3, 0.4) is 0 Å². The van der Waals surface area contributed by atoms with E-state index in [4.69, 9.17) is 9.72 Å². The molecule has 11 rings (SSSR count). The summed E-state index contributed by atoms with van der Waals surface area (Å²) < 4.78 is 20.1. The lowest BCUT2D eigenvalue weighted by Crippen LogP contribution is -2.71. The number of aromatic amines is 1. The van der Waals surface area contributed by atoms with Crippen molar-refractivity contribution in [2.24, 2.45) is 84.7 Å². The maximum absolute atomic E-state index is 15.8. The van der Waals surface area contributed by atoms with E-state index in [1.54, 1.807) is 12.3 Å². The predicted molar refractivity (Wildman–Crippen MR) is 261 cm³/mol. The molecule has 366 valence electrons. The molecule has 2 heterocycles. The van der Waals surface area contributed by atoms with Gasteiger partial charge in [-0.25, -0.2) is 9.37 Å². The molecule has 13 atom stereocenters. The second-order valence-corrected chi connectivity index (χ2v) is 26.3. The molecule has 2 N–H and O–H groups in total. The maximum Gasteiger partial charge on any atom is 0.310 e. The van der Waals surface area contributed by atoms with Gasteiger partial charge in [-0.2, -0.15) is 0 Å². The number of amides is 1. The highest BCUT2D eigenvalue weighted by Gasteiger charge is 2.77. The molecule has 2 aromatic carbocycles. The van der Waals surface area contributed by atoms with Gasteiger partial charge in [0.25, 0.3) is 0 Å². The molecule has 1 saturated heterocycles. The fourth-order valence-electron chi connectivity index (χ4n) is 19.4. The number of ether oxygens (including phenoxy) is 1. The predicted octanol–water partition coefficient (Wildman–Crippen LogP) is 13.2. The van der Waals surface area contributed by atoms with Crippen molar-refractivity contribution in [2.45, 2.75) is 164 Å². The molecule has 3 aromatic rings. The number of carboxylic acid groups (broad SMARTS) is 1. The smallest absolute Gasteiger partial charge is 0.310 e. The van der Waals surface area contributed by atoms with Crippen LogP contribution in [-0.2, 0) is 25.7 Å². The average Bonchev–Trinajstić information content (AvgIpc) is 3.68. The van der Waals surface area contributed by atoms with Crippen LogP contribution in [0.15, 0.2) is 60.8 Å². The summed E-state index contributed by atoms with van der Waals surface area (Å²) >= 11 is 0. The standard InChI is InChI=1S/C59H78FN3O5/c1-52(2)44-23-25-57(8)46(55(44,6)24-22-45(52)59(51(66)67)33-41(53(59,3)4)49(64)68-35-36-14-10-9-11-15-36)20-19-40-47-39(54(5)27-28-54)21-26-58(47,30-29-56(40,57)7)50(65)63-31-13-18-43(63)48-61-34-42(62-48)37-16-12-17-38(60)32-37/h9-12,14-17,32,34,39-41,43-47H,13,18-31,33,35H2,1-8H3,(H,61,62)(H,66,67)/t39?,40-,41+,43+,44-,45+,46-,47-,55-,56-,57-,58+,59-/m1/s1. The Labute approximate surface area is 404 Å². The minimum Gasteiger partial charge on any atom is -0.481 e. The quantitative estimate of drug-likeness (QED) is 0.207. The lowest BCUT2D eigenvalue weighted by atomic mass is 9.29. The van der Waals surface area contributed by atoms with Gasteiger partial charge in [0.05, 0.1) is 34.7 Å². The van der Waals surface area contributed by atoms with Crippen LogP contribution in [0.2, 0.25) is 0 Å². The number of aromatic nitrogens is 2. The molecule has 8 aliphatic rings. The number of imidazole rings is 1. The van der Waals surface area contributed by atoms with Crippen molar-refractivity contribution < 1.29 is 28.6 Å². The fourth-order valence-corrected chi connectivity index (χ4v) is 19.4. The summed E-state index contributed by atoms with van der Waals surface area (Å²) in [6.45, 7) is 20.3. The second-order valence-electron chi connectivity index (χ2n) is 26.3. The number of H-pyrrole nitrogens is 1. The Morgan fingerprint density at radius 2 is 1.53 bits per heavy atom. The van der Waals surface area contributed by atoms with Crippen molar-refractivity contribution in [1.82, 2.24) is 14.9 Å². The third-order valence-corrected chi connectivity index (χ3v) is 23.4. The Hall–Kier alpha value is -4.01. The van der Waals surface area contributed by atoms with Gasteiger partial charge in [-0.1, -0.05) is 97.9 Å². The number of fused-ring (bicyclic) bond motifs is 7. The number of nitrogens with one attached hydrogen (secondary N) is 1. The number of esters is 1. The monoisotopic (exact) mass is 928 g/mol. The largest absolute Gasteiger partial charge is 0.481 e. The van der Waals surface area contributed by atoms with Crippen LogP contribution in [0.25, 0.3) is 11.3 Å². The Morgan fingerprint density at radius 3 is 2.24 bits per heavy atom. The van der Waals surface area contributed by atoms with Crippen molar-refractivity contribution in [3.63, 3.8) is 0 Å². The van der Waals surface area contributed by atoms with Crippen molar-refractivity contribution in [3.8, 4) is 11.3 Å². The minimum atomic E-state index is -1.01. The SMILES string of the molecule is CC1(C2CC[C@]3(C(=O)N4CCC[C@H]4c4ncc(-c5cccc(F)c5)[nH]4)CC[C@]4(C)[C@H](CC[C@@H]5[C@]6(C)CC[C@H]([C@@]7(C(=O)O)C[C@@H](C(=O)OCc8ccccc8)C7(C)C)C(C)(C)[C@H]6CC[C@]54C)[C@@H]23)CC1. The first-order valence-corrected chi connectivity index (χ1v) is 26.7. The molecule has 0 radical (unpaired) electrons. The molecule has 1 unspecified atom stereocenters. The number of carbonyl (C=O) groups is 3. The Balaban J connectivity index is 0.860. The first-order chi connectivity index (χ1) is 32.2. The van der Waals surface area contributed by atoms with Crippen LogP contribution in [-0.4, -0.2) is 44.4 Å². The highest BCUT2D eigenvalue weighted by molar-refractivity contribution is 5.85. The van der Waals surface area contributed by atoms with E-state index in [-0.39, 0.29) is 57.4 Å². The summed E-state index contributed by atoms with van der Waals surface area (Å²) in [5, 5.41) is 11.4. The number of likely N-dealkylation sites (tertiary alicyclic amines) is 1. The van der Waals surface area contributed by atoms with Crippen molar-refractivity contribution in [1.29, 1.82) is 0 Å². The average molecular weight is 928 g/mol. The lowest BCUT2D eigenvalue weighted by molar-refractivity contribution is -0.270. The highest BCUT2D eigenvalue weighted by Crippen LogP contribution is 2.81. The van der Waals surface area contributed by atoms with Gasteiger partial charge >= 0.3 is 11.9 Å². The molecule has 68 heavy (non-hydrogen) atoms. The van der Waals surface area contributed by atoms with Gasteiger partial charge in [0, 0.05) is 12.1 Å². The van der Waals surface area contributed by atoms with E-state index >= 15 is 4.79 Å². The molecule has 0 spiro atoms. The van der Waals surface area contributed by atoms with E-state index in [1.165, 1.54) is 31.4 Å². The van der Waals surface area contributed by atoms with Gasteiger partial charge in [-0.15, -0.1) is 0 Å². The number of hydrogen-bond donors (Lipinski definition) is 2. The van der Waals surface area contributed by atoms with E-state index in [0.717, 1.165) is 99.8 Å². The number of carbonyl (C=O) groups excluding carboxylic acids is 2. The molecule has 7 saturated carbocycles. The molecule has 1 amide bonds. The van der Waals surface area contributed by atoms with Gasteiger partial charge in [-0.3, -0.25) is 14.4 Å². The lowest BCUT2D eigenvalue weighted by Gasteiger charge is -2.75. The zero-order chi connectivity index (χ0) is 48.0. The highest BCUT2D eigenvalue weighted by atomic mass is 19.1. The molecule has 9 heteroatoms. The summed E-state index contributed by atoms with van der Waals surface area (Å²) in [5.74, 6) is 1.65. The summed E-state index contributed by atoms with van der Waals surface area (Å²) in [4.78, 5) is 54.0. The van der Waals surface area contributed by atoms with Crippen LogP contribution in [0, 0.1) is 90.6 Å². The van der Waals surface area contributed by atoms with Crippen LogP contribution in [0.1, 0.15) is 169 Å². The van der Waals surface area contributed by atoms with E-state index in [9.17, 15) is 19.1 Å². The second kappa shape index (κ2) is 15.5. The number of nitrogens with zero attached hydrogens (tertiary/aromatic N) is 2. The number of aliphatic carboxylic acids is 1. The number of benzene rings is 2. The van der Waals surface area contributed by atoms with E-state index in [2.05, 4.69) is 51.4 Å². The van der Waals surface area contributed by atoms with E-state index in [0.29, 0.717) is 47.3 Å². The van der Waals surface area contributed by atoms with Crippen LogP contribution in [0.5, 0.6) is 0 Å². The Morgan fingerprint density at radius 1 is 0.779 bits per heavy atom. The van der Waals surface area contributed by atoms with Gasteiger partial charge in [-0.05, 0) is 182 Å². The van der Waals surface area contributed by atoms with E-state index in [1.807, 2.05) is 50.2 Å². The zero-order valence-electron chi connectivity index (χ0n) is 42.3. The number of rotatable bonds is 9. The fraction of sp³-hybridized carbons (Fsp3) is 0.695. The van der Waals surface area contributed by atoms with E-state index < -0.39 is 22.7 Å². The first kappa shape index (κ1) is 46.4. The van der Waals surface area contributed by atoms with Gasteiger partial charge in [0.15, 0.2) is 0 Å². The minimum absolute atomic E-state index is 0.0562. The summed E-state index contributed by atoms with van der Waals surface area (Å²) in [7, 11) is 0. The van der Waals surface area contributed by atoms with Crippen LogP contribution in [0.4, 0.5) is 4.39 Å². The number of halogens is 1. The van der Waals surface area contributed by atoms with Gasteiger partial charge in [0.2, 0.25) is 5.91 Å². The Bertz CT molecular complexity index is 2500. The van der Waals surface area contributed by atoms with Crippen LogP contribution >= 0.6 is 0 Å². The van der Waals surface area contributed by atoms with Gasteiger partial charge in [0.1, 0.15) is 18.2 Å². The topological polar surface area (TPSA) is 113 Å². The molecule has 7 aliphatic carbocycles. The van der Waals surface area contributed by atoms with Crippen molar-refractivity contribution in [3.05, 3.63) is 78.0 Å². The van der Waals surface area contributed by atoms with Gasteiger partial charge < -0.3 is 19.7 Å². The molecular weight excluding hydrogens is 850 g/mol. The molecule has 8 nitrogen and oxygen atoms in total. The van der Waals surface area contributed by atoms with Crippen molar-refractivity contribution >= 4 is 17.8 Å². The van der Waals surface area contributed by atoms with Crippen LogP contribution < -0.4 is 0 Å². The molecular formula is C59H78FN3O5. The summed E-state index contributed by atoms with van der Waals surface area (Å²) in [6, 6.07) is 16.3. The molecule has 0 bridgehead atoms. The number of hydrogen-bond acceptors (Lipinski definition) is 5. The third kappa shape index (κ3) is 6.26. The van der Waals surface area contributed by atoms with Crippen molar-refractivity contribution in [2.75, 3.05) is 6.54 Å². The Kier molecular flexibility index (Phi) is 10.6. The zero-order valence-corrected chi connectivity index (χ0v) is 42.3.